The van der Waals surface area contributed by atoms with Crippen molar-refractivity contribution < 1.29 is 13.9 Å². The van der Waals surface area contributed by atoms with E-state index in [1.165, 1.54) is 12.1 Å². The van der Waals surface area contributed by atoms with Gasteiger partial charge in [-0.15, -0.1) is 0 Å². The van der Waals surface area contributed by atoms with Crippen LogP contribution >= 0.6 is 0 Å². The summed E-state index contributed by atoms with van der Waals surface area (Å²) in [5.74, 6) is 0.105. The van der Waals surface area contributed by atoms with Crippen molar-refractivity contribution in [2.75, 3.05) is 36.9 Å². The standard InChI is InChI=1S/C19H19FN6O2/c20-15-8-12(3-4-13(15)10-21)16-9-17(24-18(22)23-16)25-5-1-2-14(11-25)26-6-7-28-19(26)27/h3-4,8-9,14H,1-2,5-7,11H2,(H2,22,23,24). The number of nitrogens with zero attached hydrogens (tertiary/aromatic N) is 5. The minimum absolute atomic E-state index is 0.0256. The molecule has 2 fully saturated rings. The number of nitriles is 1. The Kier molecular flexibility index (Phi) is 4.69. The van der Waals surface area contributed by atoms with E-state index in [2.05, 4.69) is 14.9 Å². The van der Waals surface area contributed by atoms with Crippen LogP contribution < -0.4 is 10.6 Å². The fraction of sp³-hybridized carbons (Fsp3) is 0.368. The van der Waals surface area contributed by atoms with Gasteiger partial charge in [0.1, 0.15) is 24.3 Å². The average Bonchev–Trinajstić information content (AvgIpc) is 3.13. The van der Waals surface area contributed by atoms with Gasteiger partial charge in [-0.1, -0.05) is 6.07 Å². The number of hydrogen-bond donors (Lipinski definition) is 1. The predicted molar refractivity (Wildman–Crippen MR) is 99.8 cm³/mol. The van der Waals surface area contributed by atoms with Crippen molar-refractivity contribution in [1.29, 1.82) is 5.26 Å². The molecule has 144 valence electrons. The number of nitrogen functional groups attached to an aromatic ring is 1. The maximum Gasteiger partial charge on any atom is 0.410 e. The number of anilines is 2. The van der Waals surface area contributed by atoms with E-state index in [0.29, 0.717) is 36.8 Å². The SMILES string of the molecule is N#Cc1ccc(-c2cc(N3CCCC(N4CCOC4=O)C3)nc(N)n2)cc1F. The number of nitrogens with two attached hydrogens (primary N) is 1. The van der Waals surface area contributed by atoms with E-state index in [0.717, 1.165) is 19.4 Å². The van der Waals surface area contributed by atoms with E-state index in [4.69, 9.17) is 15.7 Å². The molecule has 8 nitrogen and oxygen atoms in total. The molecule has 2 aliphatic heterocycles. The van der Waals surface area contributed by atoms with Crippen molar-refractivity contribution in [3.05, 3.63) is 35.6 Å². The second-order valence-corrected chi connectivity index (χ2v) is 6.83. The summed E-state index contributed by atoms with van der Waals surface area (Å²) in [5.41, 5.74) is 6.87. The van der Waals surface area contributed by atoms with Crippen LogP contribution in [0.5, 0.6) is 0 Å². The third-order valence-electron chi connectivity index (χ3n) is 5.07. The van der Waals surface area contributed by atoms with Gasteiger partial charge in [-0.2, -0.15) is 10.2 Å². The number of carbonyl (C=O) groups is 1. The highest BCUT2D eigenvalue weighted by molar-refractivity contribution is 5.70. The largest absolute Gasteiger partial charge is 0.448 e. The molecule has 1 aromatic heterocycles. The summed E-state index contributed by atoms with van der Waals surface area (Å²) in [4.78, 5) is 24.2. The Balaban J connectivity index is 1.61. The Hall–Kier alpha value is -3.41. The number of rotatable bonds is 3. The van der Waals surface area contributed by atoms with Crippen molar-refractivity contribution in [1.82, 2.24) is 14.9 Å². The van der Waals surface area contributed by atoms with Crippen LogP contribution in [-0.2, 0) is 4.74 Å². The summed E-state index contributed by atoms with van der Waals surface area (Å²) in [5, 5.41) is 8.89. The third-order valence-corrected chi connectivity index (χ3v) is 5.07. The Morgan fingerprint density at radius 1 is 1.29 bits per heavy atom. The van der Waals surface area contributed by atoms with Crippen LogP contribution in [0.3, 0.4) is 0 Å². The molecule has 28 heavy (non-hydrogen) atoms. The minimum Gasteiger partial charge on any atom is -0.448 e. The quantitative estimate of drug-likeness (QED) is 0.866. The number of aromatic nitrogens is 2. The normalized spacial score (nSPS) is 19.4. The van der Waals surface area contributed by atoms with Gasteiger partial charge in [0.25, 0.3) is 0 Å². The smallest absolute Gasteiger partial charge is 0.410 e. The van der Waals surface area contributed by atoms with Crippen molar-refractivity contribution >= 4 is 17.9 Å². The Labute approximate surface area is 161 Å². The molecule has 2 aromatic rings. The Morgan fingerprint density at radius 3 is 2.86 bits per heavy atom. The van der Waals surface area contributed by atoms with Crippen LogP contribution in [0, 0.1) is 17.1 Å². The van der Waals surface area contributed by atoms with Crippen molar-refractivity contribution in [2.24, 2.45) is 0 Å². The second-order valence-electron chi connectivity index (χ2n) is 6.83. The maximum atomic E-state index is 14.0. The molecule has 2 saturated heterocycles. The second kappa shape index (κ2) is 7.31. The van der Waals surface area contributed by atoms with Crippen LogP contribution in [0.1, 0.15) is 18.4 Å². The lowest BCUT2D eigenvalue weighted by Gasteiger charge is -2.37. The molecule has 1 atom stereocenters. The molecule has 3 heterocycles. The first-order valence-electron chi connectivity index (χ1n) is 9.08. The molecule has 0 radical (unpaired) electrons. The third kappa shape index (κ3) is 3.41. The number of carbonyl (C=O) groups excluding carboxylic acids is 1. The molecule has 2 N–H and O–H groups in total. The topological polar surface area (TPSA) is 108 Å². The van der Waals surface area contributed by atoms with E-state index in [9.17, 15) is 9.18 Å². The van der Waals surface area contributed by atoms with Crippen LogP contribution in [0.4, 0.5) is 21.0 Å². The molecular formula is C19H19FN6O2. The molecular weight excluding hydrogens is 363 g/mol. The van der Waals surface area contributed by atoms with E-state index in [-0.39, 0.29) is 23.6 Å². The first kappa shape index (κ1) is 18.0. The van der Waals surface area contributed by atoms with Gasteiger partial charge >= 0.3 is 6.09 Å². The lowest BCUT2D eigenvalue weighted by atomic mass is 10.0. The number of halogens is 1. The van der Waals surface area contributed by atoms with Crippen LogP contribution in [0.15, 0.2) is 24.3 Å². The fourth-order valence-electron chi connectivity index (χ4n) is 3.68. The van der Waals surface area contributed by atoms with Crippen LogP contribution in [-0.4, -0.2) is 53.2 Å². The molecule has 9 heteroatoms. The van der Waals surface area contributed by atoms with Gasteiger partial charge in [-0.05, 0) is 25.0 Å². The van der Waals surface area contributed by atoms with Gasteiger partial charge in [-0.3, -0.25) is 0 Å². The van der Waals surface area contributed by atoms with Crippen molar-refractivity contribution in [3.8, 4) is 17.3 Å². The molecule has 0 spiro atoms. The number of hydrogen-bond acceptors (Lipinski definition) is 7. The summed E-state index contributed by atoms with van der Waals surface area (Å²) < 4.78 is 19.0. The zero-order valence-electron chi connectivity index (χ0n) is 15.1. The van der Waals surface area contributed by atoms with Gasteiger partial charge in [0, 0.05) is 24.7 Å². The van der Waals surface area contributed by atoms with Gasteiger partial charge in [0.15, 0.2) is 0 Å². The zero-order valence-corrected chi connectivity index (χ0v) is 15.1. The van der Waals surface area contributed by atoms with E-state index < -0.39 is 5.82 Å². The molecule has 1 unspecified atom stereocenters. The highest BCUT2D eigenvalue weighted by Crippen LogP contribution is 2.27. The molecule has 0 bridgehead atoms. The lowest BCUT2D eigenvalue weighted by molar-refractivity contribution is 0.144. The molecule has 4 rings (SSSR count). The van der Waals surface area contributed by atoms with Gasteiger partial charge in [-0.25, -0.2) is 14.2 Å². The number of piperidine rings is 1. The van der Waals surface area contributed by atoms with Gasteiger partial charge < -0.3 is 20.3 Å². The molecule has 2 aliphatic rings. The molecule has 0 aliphatic carbocycles. The maximum absolute atomic E-state index is 14.0. The number of cyclic esters (lactones) is 1. The lowest BCUT2D eigenvalue weighted by Crippen LogP contribution is -2.48. The number of benzene rings is 1. The van der Waals surface area contributed by atoms with Crippen molar-refractivity contribution in [2.45, 2.75) is 18.9 Å². The minimum atomic E-state index is -0.607. The number of ether oxygens (including phenoxy) is 1. The fourth-order valence-corrected chi connectivity index (χ4v) is 3.68. The molecule has 0 saturated carbocycles. The van der Waals surface area contributed by atoms with Gasteiger partial charge in [0.2, 0.25) is 5.95 Å². The summed E-state index contributed by atoms with van der Waals surface area (Å²) in [6, 6.07) is 7.92. The Bertz CT molecular complexity index is 960. The first-order chi connectivity index (χ1) is 13.5. The summed E-state index contributed by atoms with van der Waals surface area (Å²) in [6.07, 6.45) is 1.53. The highest BCUT2D eigenvalue weighted by Gasteiger charge is 2.33. The van der Waals surface area contributed by atoms with E-state index >= 15 is 0 Å². The van der Waals surface area contributed by atoms with Crippen LogP contribution in [0.2, 0.25) is 0 Å². The van der Waals surface area contributed by atoms with Crippen molar-refractivity contribution in [3.63, 3.8) is 0 Å². The molecule has 1 amide bonds. The highest BCUT2D eigenvalue weighted by atomic mass is 19.1. The van der Waals surface area contributed by atoms with Gasteiger partial charge in [0.05, 0.1) is 23.8 Å². The number of amides is 1. The summed E-state index contributed by atoms with van der Waals surface area (Å²) in [7, 11) is 0. The summed E-state index contributed by atoms with van der Waals surface area (Å²) >= 11 is 0. The zero-order chi connectivity index (χ0) is 19.7. The summed E-state index contributed by atoms with van der Waals surface area (Å²) in [6.45, 7) is 2.41. The average molecular weight is 382 g/mol. The van der Waals surface area contributed by atoms with E-state index in [1.54, 1.807) is 23.1 Å². The molecule has 1 aromatic carbocycles. The Morgan fingerprint density at radius 2 is 2.14 bits per heavy atom. The monoisotopic (exact) mass is 382 g/mol. The van der Waals surface area contributed by atoms with E-state index in [1.807, 2.05) is 0 Å². The van der Waals surface area contributed by atoms with Crippen LogP contribution in [0.25, 0.3) is 11.3 Å². The predicted octanol–water partition coefficient (Wildman–Crippen LogP) is 2.16. The first-order valence-corrected chi connectivity index (χ1v) is 9.08.